The Hall–Kier alpha value is -1.94. The van der Waals surface area contributed by atoms with E-state index in [9.17, 15) is 0 Å². The third-order valence-corrected chi connectivity index (χ3v) is 2.41. The number of anilines is 1. The van der Waals surface area contributed by atoms with Gasteiger partial charge in [0.05, 0.1) is 6.61 Å². The molecule has 0 aliphatic rings. The number of hydrogen-bond acceptors (Lipinski definition) is 4. The molecule has 0 aliphatic carbocycles. The first-order valence-electron chi connectivity index (χ1n) is 5.49. The number of hydrogen-bond donors (Lipinski definition) is 2. The molecule has 0 aliphatic heterocycles. The maximum absolute atomic E-state index is 9.03. The van der Waals surface area contributed by atoms with Crippen LogP contribution in [-0.2, 0) is 13.2 Å². The molecule has 2 N–H and O–H groups in total. The monoisotopic (exact) mass is 229 g/mol. The number of rotatable bonds is 4. The lowest BCUT2D eigenvalue weighted by Crippen LogP contribution is -2.03. The number of nitrogens with one attached hydrogen (secondary N) is 1. The second-order valence-electron chi connectivity index (χ2n) is 3.92. The third kappa shape index (κ3) is 3.26. The van der Waals surface area contributed by atoms with E-state index in [4.69, 9.17) is 5.11 Å². The molecule has 1 heterocycles. The Labute approximate surface area is 100 Å². The summed E-state index contributed by atoms with van der Waals surface area (Å²) in [6.07, 6.45) is 3.55. The van der Waals surface area contributed by atoms with E-state index in [2.05, 4.69) is 15.3 Å². The van der Waals surface area contributed by atoms with Crippen molar-refractivity contribution < 1.29 is 5.11 Å². The summed E-state index contributed by atoms with van der Waals surface area (Å²) in [5.74, 6) is 0.616. The lowest BCUT2D eigenvalue weighted by atomic mass is 10.1. The molecule has 4 nitrogen and oxygen atoms in total. The van der Waals surface area contributed by atoms with E-state index in [1.165, 1.54) is 0 Å². The Morgan fingerprint density at radius 3 is 2.59 bits per heavy atom. The molecule has 2 rings (SSSR count). The van der Waals surface area contributed by atoms with Gasteiger partial charge in [0.1, 0.15) is 0 Å². The van der Waals surface area contributed by atoms with Crippen LogP contribution in [0.25, 0.3) is 0 Å². The van der Waals surface area contributed by atoms with Gasteiger partial charge in [0.2, 0.25) is 5.95 Å². The lowest BCUT2D eigenvalue weighted by molar-refractivity contribution is 0.281. The van der Waals surface area contributed by atoms with E-state index in [1.54, 1.807) is 12.4 Å². The minimum atomic E-state index is 0.0644. The summed E-state index contributed by atoms with van der Waals surface area (Å²) in [7, 11) is 0. The SMILES string of the molecule is Cc1cnc(NCc2cccc(CO)c2)nc1. The molecule has 0 saturated heterocycles. The molecule has 0 atom stereocenters. The third-order valence-electron chi connectivity index (χ3n) is 2.41. The molecule has 0 radical (unpaired) electrons. The van der Waals surface area contributed by atoms with E-state index in [0.717, 1.165) is 16.7 Å². The molecular formula is C13H15N3O. The molecule has 2 aromatic rings. The zero-order chi connectivity index (χ0) is 12.1. The van der Waals surface area contributed by atoms with Crippen molar-refractivity contribution in [2.45, 2.75) is 20.1 Å². The average Bonchev–Trinajstić information content (AvgIpc) is 2.38. The number of aliphatic hydroxyl groups excluding tert-OH is 1. The van der Waals surface area contributed by atoms with Crippen molar-refractivity contribution in [3.8, 4) is 0 Å². The zero-order valence-electron chi connectivity index (χ0n) is 9.72. The predicted octanol–water partition coefficient (Wildman–Crippen LogP) is 1.89. The van der Waals surface area contributed by atoms with Gasteiger partial charge in [-0.2, -0.15) is 0 Å². The summed E-state index contributed by atoms with van der Waals surface area (Å²) in [5.41, 5.74) is 3.05. The van der Waals surface area contributed by atoms with Crippen LogP contribution in [0.4, 0.5) is 5.95 Å². The summed E-state index contributed by atoms with van der Waals surface area (Å²) in [5, 5.41) is 12.2. The van der Waals surface area contributed by atoms with Crippen LogP contribution in [0.1, 0.15) is 16.7 Å². The van der Waals surface area contributed by atoms with Gasteiger partial charge in [-0.3, -0.25) is 0 Å². The highest BCUT2D eigenvalue weighted by Crippen LogP contribution is 2.07. The number of aromatic nitrogens is 2. The average molecular weight is 229 g/mol. The van der Waals surface area contributed by atoms with Crippen molar-refractivity contribution in [2.75, 3.05) is 5.32 Å². The van der Waals surface area contributed by atoms with Gasteiger partial charge in [-0.15, -0.1) is 0 Å². The molecule has 1 aromatic heterocycles. The minimum absolute atomic E-state index is 0.0644. The largest absolute Gasteiger partial charge is 0.392 e. The van der Waals surface area contributed by atoms with Gasteiger partial charge in [0.25, 0.3) is 0 Å². The summed E-state index contributed by atoms with van der Waals surface area (Å²) >= 11 is 0. The molecule has 0 fully saturated rings. The van der Waals surface area contributed by atoms with Gasteiger partial charge in [0.15, 0.2) is 0 Å². The van der Waals surface area contributed by atoms with Crippen molar-refractivity contribution in [1.82, 2.24) is 9.97 Å². The molecule has 4 heteroatoms. The number of nitrogens with zero attached hydrogens (tertiary/aromatic N) is 2. The fourth-order valence-electron chi connectivity index (χ4n) is 1.50. The van der Waals surface area contributed by atoms with Crippen LogP contribution in [-0.4, -0.2) is 15.1 Å². The van der Waals surface area contributed by atoms with Crippen LogP contribution < -0.4 is 5.32 Å². The molecule has 0 amide bonds. The summed E-state index contributed by atoms with van der Waals surface area (Å²) < 4.78 is 0. The van der Waals surface area contributed by atoms with Crippen molar-refractivity contribution >= 4 is 5.95 Å². The molecule has 88 valence electrons. The Balaban J connectivity index is 1.99. The molecule has 1 aromatic carbocycles. The molecular weight excluding hydrogens is 214 g/mol. The topological polar surface area (TPSA) is 58.0 Å². The summed E-state index contributed by atoms with van der Waals surface area (Å²) in [6, 6.07) is 7.78. The first-order chi connectivity index (χ1) is 8.28. The van der Waals surface area contributed by atoms with E-state index in [-0.39, 0.29) is 6.61 Å². The molecule has 0 unspecified atom stereocenters. The smallest absolute Gasteiger partial charge is 0.222 e. The van der Waals surface area contributed by atoms with E-state index in [0.29, 0.717) is 12.5 Å². The quantitative estimate of drug-likeness (QED) is 0.840. The Bertz CT molecular complexity index is 482. The van der Waals surface area contributed by atoms with Gasteiger partial charge < -0.3 is 10.4 Å². The van der Waals surface area contributed by atoms with Gasteiger partial charge in [0, 0.05) is 18.9 Å². The number of aryl methyl sites for hydroxylation is 1. The molecule has 17 heavy (non-hydrogen) atoms. The van der Waals surface area contributed by atoms with E-state index >= 15 is 0 Å². The second-order valence-corrected chi connectivity index (χ2v) is 3.92. The summed E-state index contributed by atoms with van der Waals surface area (Å²) in [6.45, 7) is 2.67. The van der Waals surface area contributed by atoms with Crippen LogP contribution in [0.3, 0.4) is 0 Å². The molecule has 0 saturated carbocycles. The van der Waals surface area contributed by atoms with Crippen LogP contribution in [0, 0.1) is 6.92 Å². The van der Waals surface area contributed by atoms with Crippen LogP contribution in [0.15, 0.2) is 36.7 Å². The van der Waals surface area contributed by atoms with Gasteiger partial charge in [-0.25, -0.2) is 9.97 Å². The van der Waals surface area contributed by atoms with E-state index in [1.807, 2.05) is 31.2 Å². The normalized spacial score (nSPS) is 10.2. The fourth-order valence-corrected chi connectivity index (χ4v) is 1.50. The summed E-state index contributed by atoms with van der Waals surface area (Å²) in [4.78, 5) is 8.33. The van der Waals surface area contributed by atoms with E-state index < -0.39 is 0 Å². The van der Waals surface area contributed by atoms with Crippen LogP contribution in [0.5, 0.6) is 0 Å². The van der Waals surface area contributed by atoms with Crippen molar-refractivity contribution in [3.63, 3.8) is 0 Å². The first kappa shape index (κ1) is 11.5. The Kier molecular flexibility index (Phi) is 3.67. The Morgan fingerprint density at radius 1 is 1.18 bits per heavy atom. The van der Waals surface area contributed by atoms with Crippen molar-refractivity contribution in [1.29, 1.82) is 0 Å². The molecule has 0 bridgehead atoms. The Morgan fingerprint density at radius 2 is 1.88 bits per heavy atom. The van der Waals surface area contributed by atoms with Crippen LogP contribution >= 0.6 is 0 Å². The van der Waals surface area contributed by atoms with Crippen molar-refractivity contribution in [3.05, 3.63) is 53.3 Å². The number of aliphatic hydroxyl groups is 1. The van der Waals surface area contributed by atoms with Gasteiger partial charge >= 0.3 is 0 Å². The zero-order valence-corrected chi connectivity index (χ0v) is 9.72. The lowest BCUT2D eigenvalue weighted by Gasteiger charge is -2.06. The first-order valence-corrected chi connectivity index (χ1v) is 5.49. The maximum atomic E-state index is 9.03. The van der Waals surface area contributed by atoms with Gasteiger partial charge in [-0.1, -0.05) is 24.3 Å². The highest BCUT2D eigenvalue weighted by atomic mass is 16.3. The second kappa shape index (κ2) is 5.41. The highest BCUT2D eigenvalue weighted by molar-refractivity contribution is 5.29. The predicted molar refractivity (Wildman–Crippen MR) is 66.5 cm³/mol. The highest BCUT2D eigenvalue weighted by Gasteiger charge is 1.97. The van der Waals surface area contributed by atoms with Crippen molar-refractivity contribution in [2.24, 2.45) is 0 Å². The van der Waals surface area contributed by atoms with Crippen LogP contribution in [0.2, 0.25) is 0 Å². The number of benzene rings is 1. The molecule has 0 spiro atoms. The minimum Gasteiger partial charge on any atom is -0.392 e. The van der Waals surface area contributed by atoms with Gasteiger partial charge in [-0.05, 0) is 23.6 Å². The maximum Gasteiger partial charge on any atom is 0.222 e. The standard InChI is InChI=1S/C13H15N3O/c1-10-6-14-13(15-7-10)16-8-11-3-2-4-12(5-11)9-17/h2-7,17H,8-9H2,1H3,(H,14,15,16). The fraction of sp³-hybridized carbons (Fsp3) is 0.231.